The first-order valence-corrected chi connectivity index (χ1v) is 8.31. The lowest BCUT2D eigenvalue weighted by molar-refractivity contribution is 0.322. The van der Waals surface area contributed by atoms with Gasteiger partial charge in [-0.05, 0) is 49.8 Å². The number of ether oxygens (including phenoxy) is 2. The Morgan fingerprint density at radius 1 is 1.04 bits per heavy atom. The van der Waals surface area contributed by atoms with Crippen molar-refractivity contribution in [1.29, 1.82) is 5.26 Å². The second-order valence-corrected chi connectivity index (χ2v) is 5.68. The lowest BCUT2D eigenvalue weighted by atomic mass is 10.0. The maximum absolute atomic E-state index is 9.50. The van der Waals surface area contributed by atoms with Crippen molar-refractivity contribution < 1.29 is 9.47 Å². The summed E-state index contributed by atoms with van der Waals surface area (Å²) in [6, 6.07) is 12.8. The van der Waals surface area contributed by atoms with Gasteiger partial charge in [-0.3, -0.25) is 0 Å². The Morgan fingerprint density at radius 2 is 1.79 bits per heavy atom. The molecule has 2 aromatic carbocycles. The largest absolute Gasteiger partial charge is 0.494 e. The van der Waals surface area contributed by atoms with Gasteiger partial charge in [0.25, 0.3) is 0 Å². The summed E-state index contributed by atoms with van der Waals surface area (Å²) in [4.78, 5) is 0. The molecule has 3 nitrogen and oxygen atoms in total. The molecule has 0 unspecified atom stereocenters. The minimum atomic E-state index is 0.409. The third kappa shape index (κ3) is 4.44. The van der Waals surface area contributed by atoms with Crippen molar-refractivity contribution in [3.8, 4) is 17.6 Å². The lowest BCUT2D eigenvalue weighted by Gasteiger charge is -2.11. The van der Waals surface area contributed by atoms with Crippen LogP contribution in [-0.2, 0) is 0 Å². The molecule has 0 saturated carbocycles. The van der Waals surface area contributed by atoms with Gasteiger partial charge in [-0.1, -0.05) is 29.3 Å². The first kappa shape index (κ1) is 18.2. The Bertz CT molecular complexity index is 794. The third-order valence-electron chi connectivity index (χ3n) is 3.25. The highest BCUT2D eigenvalue weighted by Crippen LogP contribution is 2.31. The second-order valence-electron chi connectivity index (χ2n) is 4.86. The molecule has 124 valence electrons. The molecule has 0 aliphatic carbocycles. The van der Waals surface area contributed by atoms with E-state index < -0.39 is 0 Å². The molecule has 24 heavy (non-hydrogen) atoms. The Kier molecular flexibility index (Phi) is 6.54. The fourth-order valence-electron chi connectivity index (χ4n) is 2.17. The summed E-state index contributed by atoms with van der Waals surface area (Å²) >= 11 is 12.0. The van der Waals surface area contributed by atoms with Gasteiger partial charge in [-0.25, -0.2) is 0 Å². The Balaban J connectivity index is 2.46. The minimum Gasteiger partial charge on any atom is -0.494 e. The molecule has 0 aromatic heterocycles. The summed E-state index contributed by atoms with van der Waals surface area (Å²) in [6.07, 6.45) is 1.76. The molecule has 0 radical (unpaired) electrons. The Morgan fingerprint density at radius 3 is 2.42 bits per heavy atom. The van der Waals surface area contributed by atoms with Gasteiger partial charge in [0.1, 0.15) is 11.5 Å². The van der Waals surface area contributed by atoms with E-state index in [0.717, 1.165) is 11.3 Å². The molecule has 0 atom stereocenters. The number of allylic oxidation sites excluding steroid dienone is 1. The quantitative estimate of drug-likeness (QED) is 0.478. The number of halogens is 2. The van der Waals surface area contributed by atoms with Crippen LogP contribution in [0.1, 0.15) is 25.0 Å². The normalized spacial score (nSPS) is 11.0. The molecule has 0 bridgehead atoms. The topological polar surface area (TPSA) is 42.2 Å². The first-order chi connectivity index (χ1) is 11.6. The zero-order valence-electron chi connectivity index (χ0n) is 13.5. The Labute approximate surface area is 152 Å². The molecule has 0 amide bonds. The van der Waals surface area contributed by atoms with Gasteiger partial charge in [0.15, 0.2) is 0 Å². The van der Waals surface area contributed by atoms with Crippen LogP contribution in [0.5, 0.6) is 11.5 Å². The van der Waals surface area contributed by atoms with Crippen molar-refractivity contribution in [2.24, 2.45) is 0 Å². The van der Waals surface area contributed by atoms with E-state index in [9.17, 15) is 5.26 Å². The molecular weight excluding hydrogens is 345 g/mol. The van der Waals surface area contributed by atoms with Crippen molar-refractivity contribution in [3.05, 3.63) is 57.6 Å². The molecule has 5 heteroatoms. The van der Waals surface area contributed by atoms with Crippen molar-refractivity contribution in [3.63, 3.8) is 0 Å². The number of nitrogens with zero attached hydrogens (tertiary/aromatic N) is 1. The highest BCUT2D eigenvalue weighted by molar-refractivity contribution is 6.42. The minimum absolute atomic E-state index is 0.409. The number of benzene rings is 2. The summed E-state index contributed by atoms with van der Waals surface area (Å²) in [5.74, 6) is 1.39. The van der Waals surface area contributed by atoms with Gasteiger partial charge >= 0.3 is 0 Å². The summed E-state index contributed by atoms with van der Waals surface area (Å²) in [5, 5.41) is 10.4. The lowest BCUT2D eigenvalue weighted by Crippen LogP contribution is -1.97. The van der Waals surface area contributed by atoms with Crippen molar-refractivity contribution in [2.45, 2.75) is 13.8 Å². The Hall–Kier alpha value is -2.15. The van der Waals surface area contributed by atoms with Crippen LogP contribution in [0.25, 0.3) is 11.6 Å². The number of rotatable bonds is 6. The summed E-state index contributed by atoms with van der Waals surface area (Å²) in [6.45, 7) is 4.93. The molecule has 0 spiro atoms. The average Bonchev–Trinajstić information content (AvgIpc) is 2.57. The SMILES string of the molecule is CCOc1ccc(/C=C(/C#N)c2ccc(Cl)c(Cl)c2)c(OCC)c1. The van der Waals surface area contributed by atoms with Gasteiger partial charge in [0, 0.05) is 11.6 Å². The molecule has 0 fully saturated rings. The van der Waals surface area contributed by atoms with E-state index >= 15 is 0 Å². The maximum atomic E-state index is 9.50. The number of nitriles is 1. The van der Waals surface area contributed by atoms with Crippen molar-refractivity contribution >= 4 is 34.9 Å². The van der Waals surface area contributed by atoms with Gasteiger partial charge in [0.05, 0.1) is 34.9 Å². The second kappa shape index (κ2) is 8.63. The van der Waals surface area contributed by atoms with Crippen molar-refractivity contribution in [2.75, 3.05) is 13.2 Å². The van der Waals surface area contributed by atoms with E-state index in [2.05, 4.69) is 6.07 Å². The van der Waals surface area contributed by atoms with Crippen LogP contribution in [0.4, 0.5) is 0 Å². The van der Waals surface area contributed by atoms with Crippen LogP contribution in [0.15, 0.2) is 36.4 Å². The van der Waals surface area contributed by atoms with Crippen LogP contribution < -0.4 is 9.47 Å². The monoisotopic (exact) mass is 361 g/mol. The summed E-state index contributed by atoms with van der Waals surface area (Å²) in [7, 11) is 0. The summed E-state index contributed by atoms with van der Waals surface area (Å²) in [5.41, 5.74) is 1.96. The van der Waals surface area contributed by atoms with Gasteiger partial charge in [0.2, 0.25) is 0 Å². The van der Waals surface area contributed by atoms with Crippen molar-refractivity contribution in [1.82, 2.24) is 0 Å². The standard InChI is InChI=1S/C19H17Cl2NO2/c1-3-23-16-7-5-14(19(11-16)24-4-2)9-15(12-22)13-6-8-17(20)18(21)10-13/h5-11H,3-4H2,1-2H3/b15-9-. The molecular formula is C19H17Cl2NO2. The van der Waals surface area contributed by atoms with Crippen LogP contribution in [0.3, 0.4) is 0 Å². The van der Waals surface area contributed by atoms with E-state index in [-0.39, 0.29) is 0 Å². The number of hydrogen-bond acceptors (Lipinski definition) is 3. The maximum Gasteiger partial charge on any atom is 0.130 e. The van der Waals surface area contributed by atoms with Crippen LogP contribution >= 0.6 is 23.2 Å². The van der Waals surface area contributed by atoms with Gasteiger partial charge in [-0.15, -0.1) is 0 Å². The van der Waals surface area contributed by atoms with E-state index in [1.165, 1.54) is 0 Å². The third-order valence-corrected chi connectivity index (χ3v) is 3.99. The predicted octanol–water partition coefficient (Wildman–Crippen LogP) is 5.85. The van der Waals surface area contributed by atoms with E-state index in [0.29, 0.717) is 40.1 Å². The highest BCUT2D eigenvalue weighted by atomic mass is 35.5. The van der Waals surface area contributed by atoms with Crippen LogP contribution in [-0.4, -0.2) is 13.2 Å². The molecule has 0 heterocycles. The fraction of sp³-hybridized carbons (Fsp3) is 0.211. The molecule has 0 aliphatic heterocycles. The molecule has 0 saturated heterocycles. The van der Waals surface area contributed by atoms with Crippen LogP contribution in [0, 0.1) is 11.3 Å². The molecule has 0 aliphatic rings. The molecule has 2 aromatic rings. The first-order valence-electron chi connectivity index (χ1n) is 7.55. The fourth-order valence-corrected chi connectivity index (χ4v) is 2.47. The zero-order valence-corrected chi connectivity index (χ0v) is 15.0. The average molecular weight is 362 g/mol. The smallest absolute Gasteiger partial charge is 0.130 e. The molecule has 0 N–H and O–H groups in total. The van der Waals surface area contributed by atoms with Crippen LogP contribution in [0.2, 0.25) is 10.0 Å². The van der Waals surface area contributed by atoms with E-state index in [1.54, 1.807) is 24.3 Å². The molecule has 2 rings (SSSR count). The zero-order chi connectivity index (χ0) is 17.5. The van der Waals surface area contributed by atoms with E-state index in [1.807, 2.05) is 32.0 Å². The number of hydrogen-bond donors (Lipinski definition) is 0. The van der Waals surface area contributed by atoms with Gasteiger partial charge in [-0.2, -0.15) is 5.26 Å². The van der Waals surface area contributed by atoms with E-state index in [4.69, 9.17) is 32.7 Å². The van der Waals surface area contributed by atoms with Gasteiger partial charge < -0.3 is 9.47 Å². The predicted molar refractivity (Wildman–Crippen MR) is 98.7 cm³/mol. The summed E-state index contributed by atoms with van der Waals surface area (Å²) < 4.78 is 11.2. The highest BCUT2D eigenvalue weighted by Gasteiger charge is 2.09.